The van der Waals surface area contributed by atoms with Gasteiger partial charge in [0.05, 0.1) is 23.7 Å². The number of nitrogens with zero attached hydrogens (tertiary/aromatic N) is 1. The summed E-state index contributed by atoms with van der Waals surface area (Å²) in [5.74, 6) is -0.969. The van der Waals surface area contributed by atoms with Gasteiger partial charge in [0.2, 0.25) is 0 Å². The molecule has 0 aromatic heterocycles. The zero-order chi connectivity index (χ0) is 19.6. The topological polar surface area (TPSA) is 79.2 Å². The molecule has 0 aromatic rings. The molecule has 6 nitrogen and oxygen atoms in total. The van der Waals surface area contributed by atoms with Gasteiger partial charge in [0.25, 0.3) is 0 Å². The molecule has 3 heterocycles. The predicted molar refractivity (Wildman–Crippen MR) is 100 cm³/mol. The van der Waals surface area contributed by atoms with Crippen molar-refractivity contribution in [1.29, 1.82) is 0 Å². The Labute approximate surface area is 166 Å². The summed E-state index contributed by atoms with van der Waals surface area (Å²) in [6.07, 6.45) is 3.38. The maximum atomic E-state index is 13.1. The second-order valence-corrected chi connectivity index (χ2v) is 10.8. The number of hydrogen-bond donors (Lipinski definition) is 2. The number of fused-ring (bicyclic) bond motifs is 2. The normalized spacial score (nSPS) is 61.8. The lowest BCUT2D eigenvalue weighted by Crippen LogP contribution is -2.76. The first kappa shape index (κ1) is 18.1. The summed E-state index contributed by atoms with van der Waals surface area (Å²) >= 11 is 0. The van der Waals surface area contributed by atoms with Crippen molar-refractivity contribution in [3.05, 3.63) is 0 Å². The van der Waals surface area contributed by atoms with Crippen molar-refractivity contribution in [2.75, 3.05) is 20.2 Å². The summed E-state index contributed by atoms with van der Waals surface area (Å²) in [5.41, 5.74) is -1.46. The number of piperidine rings is 1. The highest BCUT2D eigenvalue weighted by Gasteiger charge is 2.84. The van der Waals surface area contributed by atoms with Crippen LogP contribution in [0.25, 0.3) is 0 Å². The highest BCUT2D eigenvalue weighted by Crippen LogP contribution is 2.77. The van der Waals surface area contributed by atoms with Crippen molar-refractivity contribution < 1.29 is 24.5 Å². The van der Waals surface area contributed by atoms with Crippen molar-refractivity contribution in [3.63, 3.8) is 0 Å². The van der Waals surface area contributed by atoms with Gasteiger partial charge in [-0.25, -0.2) is 0 Å². The fourth-order valence-corrected chi connectivity index (χ4v) is 9.64. The summed E-state index contributed by atoms with van der Waals surface area (Å²) in [5, 5.41) is 23.9. The van der Waals surface area contributed by atoms with E-state index < -0.39 is 17.6 Å². The third-order valence-corrected chi connectivity index (χ3v) is 10.1. The molecule has 3 saturated heterocycles. The van der Waals surface area contributed by atoms with Crippen molar-refractivity contribution in [2.45, 2.75) is 75.9 Å². The van der Waals surface area contributed by atoms with E-state index in [2.05, 4.69) is 18.7 Å². The Bertz CT molecular complexity index is 730. The van der Waals surface area contributed by atoms with Gasteiger partial charge >= 0.3 is 5.97 Å². The van der Waals surface area contributed by atoms with Crippen LogP contribution in [-0.4, -0.2) is 71.2 Å². The van der Waals surface area contributed by atoms with Crippen LogP contribution in [0.1, 0.15) is 46.0 Å². The van der Waals surface area contributed by atoms with Gasteiger partial charge in [-0.1, -0.05) is 13.8 Å². The van der Waals surface area contributed by atoms with Crippen LogP contribution < -0.4 is 0 Å². The van der Waals surface area contributed by atoms with Gasteiger partial charge in [-0.3, -0.25) is 9.69 Å². The van der Waals surface area contributed by atoms with Crippen LogP contribution >= 0.6 is 0 Å². The highest BCUT2D eigenvalue weighted by molar-refractivity contribution is 5.77. The average molecular weight is 392 g/mol. The number of esters is 1. The van der Waals surface area contributed by atoms with E-state index in [4.69, 9.17) is 9.47 Å². The minimum absolute atomic E-state index is 0.0123. The Balaban J connectivity index is 1.66. The zero-order valence-corrected chi connectivity index (χ0v) is 17.1. The number of ether oxygens (including phenoxy) is 2. The predicted octanol–water partition coefficient (Wildman–Crippen LogP) is 1.19. The monoisotopic (exact) mass is 391 g/mol. The molecule has 0 amide bonds. The Morgan fingerprint density at radius 2 is 2.11 bits per heavy atom. The van der Waals surface area contributed by atoms with E-state index in [-0.39, 0.29) is 52.8 Å². The molecule has 7 rings (SSSR count). The number of methoxy groups -OCH3 is 1. The number of hydrogen-bond acceptors (Lipinski definition) is 6. The molecule has 11 atom stereocenters. The first-order valence-corrected chi connectivity index (χ1v) is 11.2. The average Bonchev–Trinajstić information content (AvgIpc) is 2.73. The molecule has 0 aromatic carbocycles. The number of carbonyl (C=O) groups is 1. The van der Waals surface area contributed by atoms with Crippen LogP contribution in [0.4, 0.5) is 0 Å². The minimum atomic E-state index is -1.17. The molecule has 0 radical (unpaired) electrons. The van der Waals surface area contributed by atoms with Crippen LogP contribution in [-0.2, 0) is 14.3 Å². The summed E-state index contributed by atoms with van der Waals surface area (Å²) in [6.45, 7) is 6.38. The zero-order valence-electron chi connectivity index (χ0n) is 17.1. The molecule has 28 heavy (non-hydrogen) atoms. The molecule has 2 unspecified atom stereocenters. The van der Waals surface area contributed by atoms with Crippen LogP contribution in [0.3, 0.4) is 0 Å². The van der Waals surface area contributed by atoms with E-state index in [9.17, 15) is 15.0 Å². The first-order valence-electron chi connectivity index (χ1n) is 11.2. The Hall–Kier alpha value is -0.690. The maximum absolute atomic E-state index is 13.1. The van der Waals surface area contributed by atoms with Gasteiger partial charge in [-0.2, -0.15) is 0 Å². The fourth-order valence-electron chi connectivity index (χ4n) is 9.64. The summed E-state index contributed by atoms with van der Waals surface area (Å²) in [4.78, 5) is 15.6. The number of aliphatic hydroxyl groups excluding tert-OH is 1. The van der Waals surface area contributed by atoms with Gasteiger partial charge in [0.15, 0.2) is 0 Å². The van der Waals surface area contributed by atoms with Gasteiger partial charge < -0.3 is 19.7 Å². The van der Waals surface area contributed by atoms with Crippen molar-refractivity contribution in [3.8, 4) is 0 Å². The first-order chi connectivity index (χ1) is 13.3. The molecule has 9 bridgehead atoms. The van der Waals surface area contributed by atoms with Crippen molar-refractivity contribution in [2.24, 2.45) is 34.5 Å². The third-order valence-electron chi connectivity index (χ3n) is 10.1. The SMILES string of the molecule is CCN1C[C@]2(C)CC[C@H](OC)[C@@]34[C@@H]5C[C@@H]6CC[C@](O)(C(C(O)[C@H]23)[C@@H]14)[C@H]5C(=O)O6. The second-order valence-electron chi connectivity index (χ2n) is 10.8. The van der Waals surface area contributed by atoms with Crippen molar-refractivity contribution >= 4 is 5.97 Å². The minimum Gasteiger partial charge on any atom is -0.462 e. The molecule has 156 valence electrons. The smallest absolute Gasteiger partial charge is 0.312 e. The number of aliphatic hydroxyl groups is 2. The molecule has 3 aliphatic heterocycles. The largest absolute Gasteiger partial charge is 0.462 e. The van der Waals surface area contributed by atoms with Gasteiger partial charge in [-0.15, -0.1) is 0 Å². The highest BCUT2D eigenvalue weighted by atomic mass is 16.5. The van der Waals surface area contributed by atoms with Crippen molar-refractivity contribution in [1.82, 2.24) is 4.90 Å². The quantitative estimate of drug-likeness (QED) is 0.689. The Kier molecular flexibility index (Phi) is 3.44. The molecule has 6 heteroatoms. The fraction of sp³-hybridized carbons (Fsp3) is 0.955. The number of likely N-dealkylation sites (tertiary alicyclic amines) is 1. The lowest BCUT2D eigenvalue weighted by Gasteiger charge is -2.69. The molecular weight excluding hydrogens is 358 g/mol. The van der Waals surface area contributed by atoms with Gasteiger partial charge in [0, 0.05) is 36.9 Å². The van der Waals surface area contributed by atoms with E-state index in [1.54, 1.807) is 7.11 Å². The molecular formula is C22H33NO5. The van der Waals surface area contributed by atoms with Gasteiger partial charge in [0.1, 0.15) is 6.10 Å². The lowest BCUT2D eigenvalue weighted by molar-refractivity contribution is -0.269. The van der Waals surface area contributed by atoms with E-state index >= 15 is 0 Å². The number of rotatable bonds is 2. The molecule has 7 fully saturated rings. The number of carbonyl (C=O) groups excluding carboxylic acids is 1. The van der Waals surface area contributed by atoms with Crippen LogP contribution in [0.2, 0.25) is 0 Å². The molecule has 4 aliphatic carbocycles. The van der Waals surface area contributed by atoms with E-state index in [1.807, 2.05) is 0 Å². The van der Waals surface area contributed by atoms with E-state index in [0.717, 1.165) is 32.4 Å². The maximum Gasteiger partial charge on any atom is 0.312 e. The molecule has 2 N–H and O–H groups in total. The van der Waals surface area contributed by atoms with Gasteiger partial charge in [-0.05, 0) is 50.0 Å². The molecule has 4 saturated carbocycles. The second kappa shape index (κ2) is 5.32. The van der Waals surface area contributed by atoms with E-state index in [0.29, 0.717) is 12.8 Å². The van der Waals surface area contributed by atoms with Crippen LogP contribution in [0, 0.1) is 34.5 Å². The lowest BCUT2D eigenvalue weighted by atomic mass is 9.42. The van der Waals surface area contributed by atoms with E-state index in [1.165, 1.54) is 0 Å². The summed E-state index contributed by atoms with van der Waals surface area (Å²) in [6, 6.07) is 0.0757. The Morgan fingerprint density at radius 1 is 1.32 bits per heavy atom. The van der Waals surface area contributed by atoms with Crippen LogP contribution in [0.5, 0.6) is 0 Å². The third kappa shape index (κ3) is 1.68. The summed E-state index contributed by atoms with van der Waals surface area (Å²) < 4.78 is 11.9. The molecule has 1 spiro atoms. The standard InChI is InChI=1S/C22H33NO5/c1-4-23-10-20(2)7-6-13(27-3)22-12-9-11-5-8-21(26,14(12)19(25)28-11)15(18(22)23)16(24)17(20)22/h11-18,24,26H,4-10H2,1-3H3/t11-,12+,13-,14+,15?,16?,17+,18+,20-,21+,22-/m0/s1. The Morgan fingerprint density at radius 3 is 2.82 bits per heavy atom. The van der Waals surface area contributed by atoms with Crippen LogP contribution in [0.15, 0.2) is 0 Å². The molecule has 7 aliphatic rings. The summed E-state index contributed by atoms with van der Waals surface area (Å²) in [7, 11) is 1.79.